The molecular formula is C15H17N3O2. The number of morpholine rings is 1. The average Bonchev–Trinajstić information content (AvgIpc) is 3.02. The van der Waals surface area contributed by atoms with Gasteiger partial charge in [-0.3, -0.25) is 4.79 Å². The van der Waals surface area contributed by atoms with Gasteiger partial charge in [0, 0.05) is 18.9 Å². The smallest absolute Gasteiger partial charge is 0.289 e. The Kier molecular flexibility index (Phi) is 3.28. The van der Waals surface area contributed by atoms with Gasteiger partial charge in [0.1, 0.15) is 5.60 Å². The normalized spacial score (nSPS) is 22.8. The molecule has 3 rings (SSSR count). The van der Waals surface area contributed by atoms with Crippen molar-refractivity contribution < 1.29 is 9.53 Å². The Morgan fingerprint density at radius 3 is 2.90 bits per heavy atom. The molecule has 5 heteroatoms. The van der Waals surface area contributed by atoms with Gasteiger partial charge in [0.15, 0.2) is 5.82 Å². The second kappa shape index (κ2) is 5.09. The number of amides is 1. The molecule has 1 fully saturated rings. The van der Waals surface area contributed by atoms with Crippen LogP contribution >= 0.6 is 0 Å². The Labute approximate surface area is 117 Å². The monoisotopic (exact) mass is 271 g/mol. The Morgan fingerprint density at radius 2 is 2.20 bits per heavy atom. The van der Waals surface area contributed by atoms with Crippen LogP contribution in [0.2, 0.25) is 0 Å². The molecule has 0 saturated carbocycles. The molecule has 1 amide bonds. The fourth-order valence-corrected chi connectivity index (χ4v) is 2.54. The van der Waals surface area contributed by atoms with Crippen LogP contribution in [0.15, 0.2) is 42.7 Å². The van der Waals surface area contributed by atoms with Crippen molar-refractivity contribution >= 4 is 5.91 Å². The molecule has 2 aromatic rings. The molecule has 2 heterocycles. The maximum absolute atomic E-state index is 12.4. The number of carbonyl (C=O) groups is 1. The molecule has 20 heavy (non-hydrogen) atoms. The number of hydrogen-bond donors (Lipinski definition) is 1. The number of imidazole rings is 1. The number of rotatable bonds is 2. The number of hydrogen-bond acceptors (Lipinski definition) is 3. The van der Waals surface area contributed by atoms with Crippen LogP contribution in [0, 0.1) is 0 Å². The van der Waals surface area contributed by atoms with Crippen LogP contribution in [0.4, 0.5) is 0 Å². The van der Waals surface area contributed by atoms with Crippen molar-refractivity contribution in [2.75, 3.05) is 19.7 Å². The number of nitrogens with zero attached hydrogens (tertiary/aromatic N) is 2. The summed E-state index contributed by atoms with van der Waals surface area (Å²) in [4.78, 5) is 21.0. The van der Waals surface area contributed by atoms with Crippen LogP contribution in [0.1, 0.15) is 23.1 Å². The van der Waals surface area contributed by atoms with E-state index in [1.54, 1.807) is 17.3 Å². The molecule has 0 bridgehead atoms. The maximum atomic E-state index is 12.4. The highest BCUT2D eigenvalue weighted by Gasteiger charge is 2.36. The van der Waals surface area contributed by atoms with Crippen LogP contribution in [-0.2, 0) is 10.3 Å². The Balaban J connectivity index is 1.82. The summed E-state index contributed by atoms with van der Waals surface area (Å²) in [5, 5.41) is 0. The molecule has 1 aromatic carbocycles. The molecule has 1 atom stereocenters. The van der Waals surface area contributed by atoms with E-state index in [9.17, 15) is 4.79 Å². The highest BCUT2D eigenvalue weighted by molar-refractivity contribution is 5.90. The summed E-state index contributed by atoms with van der Waals surface area (Å²) >= 11 is 0. The van der Waals surface area contributed by atoms with Gasteiger partial charge in [-0.25, -0.2) is 4.98 Å². The molecule has 1 aliphatic rings. The van der Waals surface area contributed by atoms with E-state index in [1.165, 1.54) is 0 Å². The van der Waals surface area contributed by atoms with Gasteiger partial charge in [-0.1, -0.05) is 30.3 Å². The highest BCUT2D eigenvalue weighted by atomic mass is 16.5. The van der Waals surface area contributed by atoms with Gasteiger partial charge in [0.2, 0.25) is 0 Å². The Bertz CT molecular complexity index is 582. The number of nitrogens with one attached hydrogen (secondary N) is 1. The topological polar surface area (TPSA) is 58.2 Å². The predicted octanol–water partition coefficient (Wildman–Crippen LogP) is 1.80. The molecule has 104 valence electrons. The van der Waals surface area contributed by atoms with Crippen LogP contribution in [0.3, 0.4) is 0 Å². The Morgan fingerprint density at radius 1 is 1.40 bits per heavy atom. The summed E-state index contributed by atoms with van der Waals surface area (Å²) < 4.78 is 5.92. The van der Waals surface area contributed by atoms with Crippen molar-refractivity contribution in [3.8, 4) is 0 Å². The number of aromatic amines is 1. The Hall–Kier alpha value is -2.14. The molecule has 1 aliphatic heterocycles. The van der Waals surface area contributed by atoms with E-state index in [0.717, 1.165) is 5.56 Å². The van der Waals surface area contributed by atoms with Gasteiger partial charge in [0.25, 0.3) is 5.91 Å². The van der Waals surface area contributed by atoms with Crippen LogP contribution < -0.4 is 0 Å². The first-order valence-corrected chi connectivity index (χ1v) is 6.67. The molecule has 0 aliphatic carbocycles. The zero-order valence-corrected chi connectivity index (χ0v) is 11.4. The summed E-state index contributed by atoms with van der Waals surface area (Å²) in [6.45, 7) is 3.65. The summed E-state index contributed by atoms with van der Waals surface area (Å²) in [6.07, 6.45) is 3.24. The van der Waals surface area contributed by atoms with E-state index in [-0.39, 0.29) is 5.91 Å². The van der Waals surface area contributed by atoms with Crippen molar-refractivity contribution in [2.24, 2.45) is 0 Å². The van der Waals surface area contributed by atoms with E-state index in [1.807, 2.05) is 37.3 Å². The van der Waals surface area contributed by atoms with Gasteiger partial charge < -0.3 is 14.6 Å². The van der Waals surface area contributed by atoms with E-state index < -0.39 is 5.60 Å². The fourth-order valence-electron chi connectivity index (χ4n) is 2.54. The summed E-state index contributed by atoms with van der Waals surface area (Å²) in [7, 11) is 0. The third-order valence-corrected chi connectivity index (χ3v) is 3.65. The average molecular weight is 271 g/mol. The molecule has 5 nitrogen and oxygen atoms in total. The number of aromatic nitrogens is 2. The molecule has 1 aromatic heterocycles. The molecular weight excluding hydrogens is 254 g/mol. The van der Waals surface area contributed by atoms with Gasteiger partial charge in [-0.05, 0) is 12.5 Å². The van der Waals surface area contributed by atoms with Crippen molar-refractivity contribution in [3.63, 3.8) is 0 Å². The van der Waals surface area contributed by atoms with Crippen LogP contribution in [0.25, 0.3) is 0 Å². The van der Waals surface area contributed by atoms with Gasteiger partial charge >= 0.3 is 0 Å². The van der Waals surface area contributed by atoms with Crippen molar-refractivity contribution in [2.45, 2.75) is 12.5 Å². The van der Waals surface area contributed by atoms with E-state index in [0.29, 0.717) is 25.5 Å². The lowest BCUT2D eigenvalue weighted by molar-refractivity contribution is -0.0932. The number of benzene rings is 1. The number of carbonyl (C=O) groups excluding carboxylic acids is 1. The first-order chi connectivity index (χ1) is 9.69. The quantitative estimate of drug-likeness (QED) is 0.906. The zero-order chi connectivity index (χ0) is 14.0. The van der Waals surface area contributed by atoms with Gasteiger partial charge in [0.05, 0.1) is 13.2 Å². The lowest BCUT2D eigenvalue weighted by atomic mass is 9.94. The van der Waals surface area contributed by atoms with E-state index in [4.69, 9.17) is 4.74 Å². The molecule has 0 spiro atoms. The van der Waals surface area contributed by atoms with Crippen LogP contribution in [-0.4, -0.2) is 40.5 Å². The first kappa shape index (κ1) is 12.9. The largest absolute Gasteiger partial charge is 0.367 e. The van der Waals surface area contributed by atoms with E-state index >= 15 is 0 Å². The minimum atomic E-state index is -0.470. The molecule has 1 N–H and O–H groups in total. The highest BCUT2D eigenvalue weighted by Crippen LogP contribution is 2.29. The van der Waals surface area contributed by atoms with Gasteiger partial charge in [-0.2, -0.15) is 0 Å². The minimum absolute atomic E-state index is 0.0829. The zero-order valence-electron chi connectivity index (χ0n) is 11.4. The predicted molar refractivity (Wildman–Crippen MR) is 74.2 cm³/mol. The summed E-state index contributed by atoms with van der Waals surface area (Å²) in [5.74, 6) is 0.294. The fraction of sp³-hybridized carbons (Fsp3) is 0.333. The molecule has 0 radical (unpaired) electrons. The summed E-state index contributed by atoms with van der Waals surface area (Å²) in [5.41, 5.74) is 0.610. The minimum Gasteiger partial charge on any atom is -0.367 e. The summed E-state index contributed by atoms with van der Waals surface area (Å²) in [6, 6.07) is 10.00. The van der Waals surface area contributed by atoms with Crippen molar-refractivity contribution in [1.29, 1.82) is 0 Å². The molecule has 1 unspecified atom stereocenters. The first-order valence-electron chi connectivity index (χ1n) is 6.67. The molecule has 1 saturated heterocycles. The third kappa shape index (κ3) is 2.32. The lowest BCUT2D eigenvalue weighted by Crippen LogP contribution is -2.50. The third-order valence-electron chi connectivity index (χ3n) is 3.65. The SMILES string of the molecule is CC1(c2ccccc2)CN(C(=O)c2ncc[nH]2)CCO1. The van der Waals surface area contributed by atoms with Crippen molar-refractivity contribution in [3.05, 3.63) is 54.1 Å². The standard InChI is InChI=1S/C15H17N3O2/c1-15(12-5-3-2-4-6-12)11-18(9-10-20-15)14(19)13-16-7-8-17-13/h2-8H,9-11H2,1H3,(H,16,17). The number of H-pyrrole nitrogens is 1. The lowest BCUT2D eigenvalue weighted by Gasteiger charge is -2.40. The second-order valence-corrected chi connectivity index (χ2v) is 5.11. The van der Waals surface area contributed by atoms with E-state index in [2.05, 4.69) is 9.97 Å². The maximum Gasteiger partial charge on any atom is 0.289 e. The van der Waals surface area contributed by atoms with Crippen molar-refractivity contribution in [1.82, 2.24) is 14.9 Å². The second-order valence-electron chi connectivity index (χ2n) is 5.11. The van der Waals surface area contributed by atoms with Gasteiger partial charge in [-0.15, -0.1) is 0 Å². The number of ether oxygens (including phenoxy) is 1. The van der Waals surface area contributed by atoms with Crippen LogP contribution in [0.5, 0.6) is 0 Å².